The Morgan fingerprint density at radius 1 is 1.24 bits per heavy atom. The third-order valence-corrected chi connectivity index (χ3v) is 4.92. The average Bonchev–Trinajstić information content (AvgIpc) is 2.78. The van der Waals surface area contributed by atoms with Crippen LogP contribution >= 0.6 is 11.8 Å². The van der Waals surface area contributed by atoms with Crippen molar-refractivity contribution in [3.05, 3.63) is 0 Å². The molecule has 2 rings (SSSR count). The summed E-state index contributed by atoms with van der Waals surface area (Å²) in [5.41, 5.74) is 0.342. The highest BCUT2D eigenvalue weighted by Crippen LogP contribution is 2.28. The van der Waals surface area contributed by atoms with Crippen molar-refractivity contribution in [1.29, 1.82) is 0 Å². The lowest BCUT2D eigenvalue weighted by Gasteiger charge is -2.35. The van der Waals surface area contributed by atoms with Gasteiger partial charge >= 0.3 is 0 Å². The van der Waals surface area contributed by atoms with Crippen molar-refractivity contribution >= 4 is 16.9 Å². The Balaban J connectivity index is 1.85. The van der Waals surface area contributed by atoms with E-state index in [1.165, 1.54) is 43.0 Å². The van der Waals surface area contributed by atoms with Crippen LogP contribution in [-0.2, 0) is 0 Å². The molecule has 0 aromatic rings. The van der Waals surface area contributed by atoms with Crippen molar-refractivity contribution < 1.29 is 0 Å². The minimum Gasteiger partial charge on any atom is -0.362 e. The Hall–Kier alpha value is -0.180. The number of aliphatic imine (C=N–C) groups is 1. The lowest BCUT2D eigenvalue weighted by Crippen LogP contribution is -2.46. The summed E-state index contributed by atoms with van der Waals surface area (Å²) < 4.78 is 0. The van der Waals surface area contributed by atoms with Gasteiger partial charge in [-0.25, -0.2) is 0 Å². The van der Waals surface area contributed by atoms with E-state index in [9.17, 15) is 0 Å². The molecule has 2 nitrogen and oxygen atoms in total. The fourth-order valence-electron chi connectivity index (χ4n) is 2.68. The number of hydrogen-bond donors (Lipinski definition) is 1. The Kier molecular flexibility index (Phi) is 4.40. The van der Waals surface area contributed by atoms with E-state index in [4.69, 9.17) is 4.99 Å². The van der Waals surface area contributed by atoms with E-state index in [1.54, 1.807) is 0 Å². The van der Waals surface area contributed by atoms with Gasteiger partial charge in [0.15, 0.2) is 5.17 Å². The molecule has 1 atom stereocenters. The van der Waals surface area contributed by atoms with Gasteiger partial charge in [0.1, 0.15) is 0 Å². The molecule has 17 heavy (non-hydrogen) atoms. The maximum absolute atomic E-state index is 4.80. The van der Waals surface area contributed by atoms with Gasteiger partial charge in [0.2, 0.25) is 0 Å². The molecule has 0 radical (unpaired) electrons. The molecule has 2 aliphatic rings. The predicted molar refractivity (Wildman–Crippen MR) is 77.7 cm³/mol. The minimum atomic E-state index is 0.342. The van der Waals surface area contributed by atoms with Gasteiger partial charge in [-0.3, -0.25) is 4.99 Å². The summed E-state index contributed by atoms with van der Waals surface area (Å²) in [5, 5.41) is 4.83. The number of nitrogens with one attached hydrogen (secondary N) is 1. The fourth-order valence-corrected chi connectivity index (χ4v) is 3.62. The number of thioether (sulfide) groups is 1. The molecule has 0 aromatic carbocycles. The Morgan fingerprint density at radius 3 is 2.59 bits per heavy atom. The van der Waals surface area contributed by atoms with Crippen molar-refractivity contribution in [1.82, 2.24) is 5.32 Å². The number of nitrogens with zero attached hydrogens (tertiary/aromatic N) is 1. The van der Waals surface area contributed by atoms with Gasteiger partial charge in [-0.1, -0.05) is 45.4 Å². The van der Waals surface area contributed by atoms with Crippen LogP contribution in [0.4, 0.5) is 0 Å². The van der Waals surface area contributed by atoms with Crippen LogP contribution in [0.2, 0.25) is 0 Å². The van der Waals surface area contributed by atoms with Crippen LogP contribution in [0.1, 0.15) is 52.9 Å². The third-order valence-electron chi connectivity index (χ3n) is 3.96. The van der Waals surface area contributed by atoms with Crippen LogP contribution < -0.4 is 5.32 Å². The molecule has 1 heterocycles. The van der Waals surface area contributed by atoms with Gasteiger partial charge in [0.05, 0.1) is 0 Å². The number of hydrogen-bond acceptors (Lipinski definition) is 2. The maximum Gasteiger partial charge on any atom is 0.156 e. The molecule has 1 saturated carbocycles. The van der Waals surface area contributed by atoms with Crippen LogP contribution in [0.25, 0.3) is 0 Å². The van der Waals surface area contributed by atoms with E-state index in [-0.39, 0.29) is 0 Å². The van der Waals surface area contributed by atoms with Gasteiger partial charge < -0.3 is 5.32 Å². The molecule has 1 aliphatic heterocycles. The summed E-state index contributed by atoms with van der Waals surface area (Å²) in [7, 11) is 0. The summed E-state index contributed by atoms with van der Waals surface area (Å²) in [6, 6.07) is 0.589. The highest BCUT2D eigenvalue weighted by atomic mass is 32.2. The highest BCUT2D eigenvalue weighted by Gasteiger charge is 2.28. The lowest BCUT2D eigenvalue weighted by atomic mass is 9.85. The van der Waals surface area contributed by atoms with Crippen LogP contribution in [0, 0.1) is 11.3 Å². The van der Waals surface area contributed by atoms with Crippen molar-refractivity contribution in [2.45, 2.75) is 58.9 Å². The monoisotopic (exact) mass is 254 g/mol. The molecule has 0 bridgehead atoms. The SMILES string of the molecule is CC(C)(C)C1CCSC(=NCC2CCCC2)N1. The first-order valence-corrected chi connectivity index (χ1v) is 7.98. The first kappa shape index (κ1) is 13.3. The molecule has 1 N–H and O–H groups in total. The summed E-state index contributed by atoms with van der Waals surface area (Å²) in [6.07, 6.45) is 6.88. The Labute approximate surface area is 110 Å². The summed E-state index contributed by atoms with van der Waals surface area (Å²) in [5.74, 6) is 2.08. The van der Waals surface area contributed by atoms with Crippen LogP contribution in [0.15, 0.2) is 4.99 Å². The fraction of sp³-hybridized carbons (Fsp3) is 0.929. The van der Waals surface area contributed by atoms with E-state index in [2.05, 4.69) is 26.1 Å². The second-order valence-corrected chi connectivity index (χ2v) is 7.58. The minimum absolute atomic E-state index is 0.342. The first-order valence-electron chi connectivity index (χ1n) is 6.99. The molecule has 3 heteroatoms. The van der Waals surface area contributed by atoms with Crippen molar-refractivity contribution in [2.75, 3.05) is 12.3 Å². The second-order valence-electron chi connectivity index (χ2n) is 6.50. The normalized spacial score (nSPS) is 29.6. The Bertz CT molecular complexity index is 274. The van der Waals surface area contributed by atoms with Gasteiger partial charge in [-0.2, -0.15) is 0 Å². The van der Waals surface area contributed by atoms with Crippen LogP contribution in [0.5, 0.6) is 0 Å². The molecule has 0 amide bonds. The molecule has 2 fully saturated rings. The molecule has 1 unspecified atom stereocenters. The molecule has 1 saturated heterocycles. The van der Waals surface area contributed by atoms with Crippen LogP contribution in [-0.4, -0.2) is 23.5 Å². The molecular weight excluding hydrogens is 228 g/mol. The van der Waals surface area contributed by atoms with Crippen molar-refractivity contribution in [2.24, 2.45) is 16.3 Å². The standard InChI is InChI=1S/C14H26N2S/c1-14(2,3)12-8-9-17-13(16-12)15-10-11-6-4-5-7-11/h11-12H,4-10H2,1-3H3,(H,15,16). The largest absolute Gasteiger partial charge is 0.362 e. The molecule has 98 valence electrons. The molecular formula is C14H26N2S. The highest BCUT2D eigenvalue weighted by molar-refractivity contribution is 8.13. The van der Waals surface area contributed by atoms with Gasteiger partial charge in [-0.15, -0.1) is 0 Å². The number of rotatable bonds is 2. The topological polar surface area (TPSA) is 24.4 Å². The summed E-state index contributed by atoms with van der Waals surface area (Å²) >= 11 is 1.91. The Morgan fingerprint density at radius 2 is 1.94 bits per heavy atom. The van der Waals surface area contributed by atoms with E-state index in [0.717, 1.165) is 12.5 Å². The summed E-state index contributed by atoms with van der Waals surface area (Å²) in [6.45, 7) is 7.99. The number of amidine groups is 1. The van der Waals surface area contributed by atoms with Gasteiger partial charge in [0, 0.05) is 18.3 Å². The first-order chi connectivity index (χ1) is 8.05. The zero-order valence-corrected chi connectivity index (χ0v) is 12.3. The molecule has 0 spiro atoms. The zero-order chi connectivity index (χ0) is 12.3. The third kappa shape index (κ3) is 3.90. The predicted octanol–water partition coefficient (Wildman–Crippen LogP) is 3.67. The molecule has 1 aliphatic carbocycles. The van der Waals surface area contributed by atoms with E-state index in [0.29, 0.717) is 11.5 Å². The van der Waals surface area contributed by atoms with E-state index < -0.39 is 0 Å². The zero-order valence-electron chi connectivity index (χ0n) is 11.5. The maximum atomic E-state index is 4.80. The van der Waals surface area contributed by atoms with Crippen molar-refractivity contribution in [3.8, 4) is 0 Å². The smallest absolute Gasteiger partial charge is 0.156 e. The van der Waals surface area contributed by atoms with E-state index in [1.807, 2.05) is 11.8 Å². The lowest BCUT2D eigenvalue weighted by molar-refractivity contribution is 0.290. The van der Waals surface area contributed by atoms with E-state index >= 15 is 0 Å². The van der Waals surface area contributed by atoms with Crippen molar-refractivity contribution in [3.63, 3.8) is 0 Å². The van der Waals surface area contributed by atoms with Crippen LogP contribution in [0.3, 0.4) is 0 Å². The van der Waals surface area contributed by atoms with Gasteiger partial charge in [0.25, 0.3) is 0 Å². The average molecular weight is 254 g/mol. The molecule has 0 aromatic heterocycles. The summed E-state index contributed by atoms with van der Waals surface area (Å²) in [4.78, 5) is 4.80. The van der Waals surface area contributed by atoms with Gasteiger partial charge in [-0.05, 0) is 30.6 Å². The second kappa shape index (κ2) is 5.64. The quantitative estimate of drug-likeness (QED) is 0.813.